The van der Waals surface area contributed by atoms with Crippen LogP contribution >= 0.6 is 0 Å². The van der Waals surface area contributed by atoms with Gasteiger partial charge in [0.25, 0.3) is 0 Å². The summed E-state index contributed by atoms with van der Waals surface area (Å²) in [6.45, 7) is 0.750. The maximum absolute atomic E-state index is 12.6. The molecule has 1 N–H and O–H groups in total. The zero-order valence-electron chi connectivity index (χ0n) is 12.2. The second kappa shape index (κ2) is 8.58. The summed E-state index contributed by atoms with van der Waals surface area (Å²) in [7, 11) is 1.85. The van der Waals surface area contributed by atoms with Crippen molar-refractivity contribution in [2.75, 3.05) is 13.6 Å². The summed E-state index contributed by atoms with van der Waals surface area (Å²) < 4.78 is 43.6. The van der Waals surface area contributed by atoms with Gasteiger partial charge in [0.1, 0.15) is 11.9 Å². The number of alkyl halides is 3. The minimum atomic E-state index is -4.33. The molecule has 0 aromatic heterocycles. The van der Waals surface area contributed by atoms with Gasteiger partial charge in [0, 0.05) is 6.42 Å². The van der Waals surface area contributed by atoms with Crippen LogP contribution in [0.1, 0.15) is 31.1 Å². The molecule has 0 aliphatic rings. The van der Waals surface area contributed by atoms with Crippen molar-refractivity contribution in [3.8, 4) is 5.75 Å². The van der Waals surface area contributed by atoms with E-state index in [1.807, 2.05) is 37.4 Å². The van der Waals surface area contributed by atoms with Crippen molar-refractivity contribution < 1.29 is 17.9 Å². The van der Waals surface area contributed by atoms with Crippen LogP contribution < -0.4 is 10.1 Å². The number of hydrogen-bond acceptors (Lipinski definition) is 2. The predicted octanol–water partition coefficient (Wildman–Crippen LogP) is 5.07. The first kappa shape index (κ1) is 19.0. The first-order valence-corrected chi connectivity index (χ1v) is 7.04. The molecule has 2 aromatic carbocycles. The zero-order chi connectivity index (χ0) is 16.0. The molecule has 0 saturated carbocycles. The Kier molecular flexibility index (Phi) is 7.10. The predicted molar refractivity (Wildman–Crippen MR) is 86.5 cm³/mol. The molecular formula is C18H22F3NO. The van der Waals surface area contributed by atoms with E-state index in [2.05, 4.69) is 5.32 Å². The van der Waals surface area contributed by atoms with Gasteiger partial charge in [-0.1, -0.05) is 37.8 Å². The van der Waals surface area contributed by atoms with Crippen LogP contribution in [0.3, 0.4) is 0 Å². The molecule has 0 radical (unpaired) electrons. The van der Waals surface area contributed by atoms with Gasteiger partial charge in [0.2, 0.25) is 0 Å². The Bertz CT molecular complexity index is 567. The number of nitrogens with one attached hydrogen (secondary N) is 1. The Morgan fingerprint density at radius 1 is 1.00 bits per heavy atom. The van der Waals surface area contributed by atoms with E-state index in [0.29, 0.717) is 5.75 Å². The number of ether oxygens (including phenoxy) is 1. The van der Waals surface area contributed by atoms with E-state index in [9.17, 15) is 13.2 Å². The molecule has 0 spiro atoms. The summed E-state index contributed by atoms with van der Waals surface area (Å²) in [5, 5.41) is 3.05. The quantitative estimate of drug-likeness (QED) is 0.800. The highest BCUT2D eigenvalue weighted by Crippen LogP contribution is 2.31. The lowest BCUT2D eigenvalue weighted by atomic mass is 10.1. The Balaban J connectivity index is 0.00000264. The second-order valence-corrected chi connectivity index (χ2v) is 4.93. The molecule has 126 valence electrons. The van der Waals surface area contributed by atoms with Crippen molar-refractivity contribution in [3.63, 3.8) is 0 Å². The molecule has 5 heteroatoms. The number of halogens is 3. The van der Waals surface area contributed by atoms with Crippen molar-refractivity contribution >= 4 is 0 Å². The minimum Gasteiger partial charge on any atom is -0.486 e. The van der Waals surface area contributed by atoms with Crippen molar-refractivity contribution in [2.24, 2.45) is 0 Å². The summed E-state index contributed by atoms with van der Waals surface area (Å²) in [5.74, 6) is 0.429. The standard InChI is InChI=1S/C17H18F3NO.CH4/c1-21-12-11-16(13-5-3-2-4-6-13)22-15-9-7-14(8-10-15)17(18,19)20;/h2-10,16,21H,11-12H2,1H3;1H4. The maximum Gasteiger partial charge on any atom is 0.416 e. The summed E-state index contributed by atoms with van der Waals surface area (Å²) >= 11 is 0. The Morgan fingerprint density at radius 3 is 2.13 bits per heavy atom. The van der Waals surface area contributed by atoms with Crippen LogP contribution in [0.4, 0.5) is 13.2 Å². The van der Waals surface area contributed by atoms with Gasteiger partial charge in [-0.05, 0) is 43.4 Å². The van der Waals surface area contributed by atoms with Crippen LogP contribution in [-0.4, -0.2) is 13.6 Å². The van der Waals surface area contributed by atoms with Crippen LogP contribution in [0.15, 0.2) is 54.6 Å². The van der Waals surface area contributed by atoms with Crippen molar-refractivity contribution in [2.45, 2.75) is 26.1 Å². The van der Waals surface area contributed by atoms with Gasteiger partial charge < -0.3 is 10.1 Å². The topological polar surface area (TPSA) is 21.3 Å². The molecule has 1 atom stereocenters. The van der Waals surface area contributed by atoms with Crippen molar-refractivity contribution in [3.05, 3.63) is 65.7 Å². The number of hydrogen-bond donors (Lipinski definition) is 1. The molecule has 0 fully saturated rings. The lowest BCUT2D eigenvalue weighted by Gasteiger charge is -2.20. The molecular weight excluding hydrogens is 303 g/mol. The number of rotatable bonds is 6. The van der Waals surface area contributed by atoms with Crippen LogP contribution in [0.2, 0.25) is 0 Å². The van der Waals surface area contributed by atoms with E-state index in [4.69, 9.17) is 4.74 Å². The van der Waals surface area contributed by atoms with Crippen LogP contribution in [0, 0.1) is 0 Å². The molecule has 0 aliphatic carbocycles. The van der Waals surface area contributed by atoms with E-state index >= 15 is 0 Å². The third kappa shape index (κ3) is 5.60. The van der Waals surface area contributed by atoms with Gasteiger partial charge in [-0.3, -0.25) is 0 Å². The average molecular weight is 325 g/mol. The monoisotopic (exact) mass is 325 g/mol. The average Bonchev–Trinajstić information content (AvgIpc) is 2.52. The summed E-state index contributed by atoms with van der Waals surface area (Å²) in [6, 6.07) is 14.4. The fourth-order valence-electron chi connectivity index (χ4n) is 2.12. The smallest absolute Gasteiger partial charge is 0.416 e. The van der Waals surface area contributed by atoms with Gasteiger partial charge >= 0.3 is 6.18 Å². The normalized spacial score (nSPS) is 12.3. The molecule has 0 heterocycles. The first-order chi connectivity index (χ1) is 10.5. The van der Waals surface area contributed by atoms with Crippen LogP contribution in [0.25, 0.3) is 0 Å². The maximum atomic E-state index is 12.6. The van der Waals surface area contributed by atoms with Gasteiger partial charge in [-0.2, -0.15) is 13.2 Å². The van der Waals surface area contributed by atoms with Crippen LogP contribution in [0.5, 0.6) is 5.75 Å². The molecule has 23 heavy (non-hydrogen) atoms. The summed E-state index contributed by atoms with van der Waals surface area (Å²) in [6.07, 6.45) is -3.81. The molecule has 0 aliphatic heterocycles. The highest BCUT2D eigenvalue weighted by atomic mass is 19.4. The molecule has 0 amide bonds. The highest BCUT2D eigenvalue weighted by Gasteiger charge is 2.30. The van der Waals surface area contributed by atoms with E-state index in [1.54, 1.807) is 0 Å². The molecule has 0 bridgehead atoms. The van der Waals surface area contributed by atoms with Crippen molar-refractivity contribution in [1.29, 1.82) is 0 Å². The first-order valence-electron chi connectivity index (χ1n) is 7.04. The Morgan fingerprint density at radius 2 is 1.61 bits per heavy atom. The van der Waals surface area contributed by atoms with E-state index in [0.717, 1.165) is 30.7 Å². The Hall–Kier alpha value is -2.01. The van der Waals surface area contributed by atoms with E-state index < -0.39 is 11.7 Å². The molecule has 2 nitrogen and oxygen atoms in total. The van der Waals surface area contributed by atoms with Crippen LogP contribution in [-0.2, 0) is 6.18 Å². The van der Waals surface area contributed by atoms with Gasteiger partial charge in [-0.15, -0.1) is 0 Å². The van der Waals surface area contributed by atoms with E-state index in [1.165, 1.54) is 12.1 Å². The lowest BCUT2D eigenvalue weighted by Crippen LogP contribution is -2.16. The summed E-state index contributed by atoms with van der Waals surface area (Å²) in [4.78, 5) is 0. The fourth-order valence-corrected chi connectivity index (χ4v) is 2.12. The third-order valence-corrected chi connectivity index (χ3v) is 3.29. The fraction of sp³-hybridized carbons (Fsp3) is 0.333. The van der Waals surface area contributed by atoms with Gasteiger partial charge in [0.05, 0.1) is 5.56 Å². The Labute approximate surface area is 135 Å². The molecule has 2 rings (SSSR count). The highest BCUT2D eigenvalue weighted by molar-refractivity contribution is 5.30. The van der Waals surface area contributed by atoms with Gasteiger partial charge in [0.15, 0.2) is 0 Å². The second-order valence-electron chi connectivity index (χ2n) is 4.93. The summed E-state index contributed by atoms with van der Waals surface area (Å²) in [5.41, 5.74) is 0.323. The van der Waals surface area contributed by atoms with Gasteiger partial charge in [-0.25, -0.2) is 0 Å². The SMILES string of the molecule is C.CNCCC(Oc1ccc(C(F)(F)F)cc1)c1ccccc1. The lowest BCUT2D eigenvalue weighted by molar-refractivity contribution is -0.137. The molecule has 0 saturated heterocycles. The number of benzene rings is 2. The molecule has 2 aromatic rings. The minimum absolute atomic E-state index is 0. The largest absolute Gasteiger partial charge is 0.486 e. The molecule has 1 unspecified atom stereocenters. The zero-order valence-corrected chi connectivity index (χ0v) is 12.2. The third-order valence-electron chi connectivity index (χ3n) is 3.29. The van der Waals surface area contributed by atoms with Crippen molar-refractivity contribution in [1.82, 2.24) is 5.32 Å². The van der Waals surface area contributed by atoms with E-state index in [-0.39, 0.29) is 13.5 Å².